The topological polar surface area (TPSA) is 117 Å². The molecule has 0 unspecified atom stereocenters. The Labute approximate surface area is 269 Å². The molecule has 0 saturated heterocycles. The van der Waals surface area contributed by atoms with E-state index >= 15 is 0 Å². The van der Waals surface area contributed by atoms with Crippen molar-refractivity contribution >= 4 is 67.2 Å². The summed E-state index contributed by atoms with van der Waals surface area (Å²) in [5.41, 5.74) is 1.87. The highest BCUT2D eigenvalue weighted by Crippen LogP contribution is 2.37. The van der Waals surface area contributed by atoms with Gasteiger partial charge >= 0.3 is 0 Å². The molecule has 226 valence electrons. The van der Waals surface area contributed by atoms with Crippen molar-refractivity contribution in [2.75, 3.05) is 26.1 Å². The smallest absolute Gasteiger partial charge is 0.282 e. The second-order valence-corrected chi connectivity index (χ2v) is 11.0. The zero-order valence-electron chi connectivity index (χ0n) is 23.9. The molecule has 0 aliphatic rings. The molecule has 45 heavy (non-hydrogen) atoms. The third-order valence-electron chi connectivity index (χ3n) is 6.77. The lowest BCUT2D eigenvalue weighted by Crippen LogP contribution is -2.20. The van der Waals surface area contributed by atoms with E-state index < -0.39 is 0 Å². The molecule has 2 heterocycles. The summed E-state index contributed by atoms with van der Waals surface area (Å²) in [5.74, 6) is 1.49. The standard InChI is InChI=1S/C33H24BrClN4O6/c1-42-26-8-5-9-27-23(26)16-29(45-27)32-38-25-7-4-3-6-22(25)33(41)39(32)36-17-19-14-24(34)31(28(15-19)43-2)44-18-30(40)37-21-12-10-20(35)11-13-21/h3-17H,18H2,1-2H3,(H,37,40). The van der Waals surface area contributed by atoms with Crippen molar-refractivity contribution in [3.05, 3.63) is 110 Å². The number of fused-ring (bicyclic) bond motifs is 2. The van der Waals surface area contributed by atoms with E-state index in [1.54, 1.807) is 67.8 Å². The van der Waals surface area contributed by atoms with Gasteiger partial charge < -0.3 is 23.9 Å². The van der Waals surface area contributed by atoms with E-state index in [-0.39, 0.29) is 23.9 Å². The van der Waals surface area contributed by atoms with Gasteiger partial charge in [0.25, 0.3) is 11.5 Å². The monoisotopic (exact) mass is 686 g/mol. The van der Waals surface area contributed by atoms with Crippen LogP contribution in [0.15, 0.2) is 104 Å². The molecule has 6 aromatic rings. The van der Waals surface area contributed by atoms with Crippen molar-refractivity contribution < 1.29 is 23.4 Å². The largest absolute Gasteiger partial charge is 0.496 e. The molecule has 0 saturated carbocycles. The van der Waals surface area contributed by atoms with E-state index in [2.05, 4.69) is 26.3 Å². The Morgan fingerprint density at radius 2 is 1.78 bits per heavy atom. The number of benzene rings is 4. The number of furan rings is 1. The number of methoxy groups -OCH3 is 2. The highest BCUT2D eigenvalue weighted by Gasteiger charge is 2.18. The van der Waals surface area contributed by atoms with Gasteiger partial charge in [-0.3, -0.25) is 9.59 Å². The SMILES string of the molecule is COc1cc(C=Nn2c(-c3cc4c(OC)cccc4o3)nc3ccccc3c2=O)cc(Br)c1OCC(=O)Nc1ccc(Cl)cc1. The van der Waals surface area contributed by atoms with Gasteiger partial charge in [-0.15, -0.1) is 0 Å². The van der Waals surface area contributed by atoms with Crippen LogP contribution in [0.3, 0.4) is 0 Å². The van der Waals surface area contributed by atoms with Gasteiger partial charge in [0.1, 0.15) is 11.3 Å². The molecule has 6 rings (SSSR count). The molecule has 0 aliphatic heterocycles. The summed E-state index contributed by atoms with van der Waals surface area (Å²) in [7, 11) is 3.06. The quantitative estimate of drug-likeness (QED) is 0.161. The lowest BCUT2D eigenvalue weighted by molar-refractivity contribution is -0.118. The predicted octanol–water partition coefficient (Wildman–Crippen LogP) is 7.14. The lowest BCUT2D eigenvalue weighted by Gasteiger charge is -2.13. The van der Waals surface area contributed by atoms with Gasteiger partial charge in [-0.05, 0) is 88.2 Å². The Morgan fingerprint density at radius 1 is 1.00 bits per heavy atom. The van der Waals surface area contributed by atoms with Crippen molar-refractivity contribution in [1.29, 1.82) is 0 Å². The molecule has 2 aromatic heterocycles. The second kappa shape index (κ2) is 12.8. The number of nitrogens with zero attached hydrogens (tertiary/aromatic N) is 3. The zero-order chi connectivity index (χ0) is 31.5. The maximum absolute atomic E-state index is 13.7. The number of amides is 1. The van der Waals surface area contributed by atoms with Crippen molar-refractivity contribution in [3.63, 3.8) is 0 Å². The van der Waals surface area contributed by atoms with Crippen LogP contribution >= 0.6 is 27.5 Å². The average Bonchev–Trinajstić information content (AvgIpc) is 3.49. The first-order valence-electron chi connectivity index (χ1n) is 13.5. The van der Waals surface area contributed by atoms with Crippen molar-refractivity contribution in [1.82, 2.24) is 9.66 Å². The number of hydrogen-bond donors (Lipinski definition) is 1. The van der Waals surface area contributed by atoms with E-state index in [1.165, 1.54) is 18.0 Å². The van der Waals surface area contributed by atoms with E-state index in [1.807, 2.05) is 24.3 Å². The Bertz CT molecular complexity index is 2140. The zero-order valence-corrected chi connectivity index (χ0v) is 26.3. The molecule has 0 fully saturated rings. The van der Waals surface area contributed by atoms with Gasteiger partial charge in [-0.25, -0.2) is 4.98 Å². The minimum atomic E-state index is -0.378. The number of carbonyl (C=O) groups excluding carboxylic acids is 1. The van der Waals surface area contributed by atoms with Crippen LogP contribution < -0.4 is 25.1 Å². The second-order valence-electron chi connectivity index (χ2n) is 9.67. The number of carbonyl (C=O) groups is 1. The van der Waals surface area contributed by atoms with E-state index in [0.29, 0.717) is 60.2 Å². The van der Waals surface area contributed by atoms with Crippen LogP contribution in [0.2, 0.25) is 5.02 Å². The summed E-state index contributed by atoms with van der Waals surface area (Å²) in [6, 6.07) is 24.4. The molecule has 1 N–H and O–H groups in total. The Kier molecular flexibility index (Phi) is 8.54. The molecule has 1 amide bonds. The highest BCUT2D eigenvalue weighted by atomic mass is 79.9. The normalized spacial score (nSPS) is 11.3. The van der Waals surface area contributed by atoms with Gasteiger partial charge in [-0.1, -0.05) is 29.8 Å². The molecule has 10 nitrogen and oxygen atoms in total. The number of aromatic nitrogens is 2. The summed E-state index contributed by atoms with van der Waals surface area (Å²) in [5, 5.41) is 8.96. The molecule has 4 aromatic carbocycles. The summed E-state index contributed by atoms with van der Waals surface area (Å²) in [6.45, 7) is -0.269. The van der Waals surface area contributed by atoms with Gasteiger partial charge in [0, 0.05) is 10.7 Å². The fourth-order valence-corrected chi connectivity index (χ4v) is 5.36. The summed E-state index contributed by atoms with van der Waals surface area (Å²) in [4.78, 5) is 30.9. The first-order valence-corrected chi connectivity index (χ1v) is 14.7. The first-order chi connectivity index (χ1) is 21.8. The van der Waals surface area contributed by atoms with E-state index in [4.69, 9.17) is 35.2 Å². The third-order valence-corrected chi connectivity index (χ3v) is 7.61. The fourth-order valence-electron chi connectivity index (χ4n) is 4.66. The van der Waals surface area contributed by atoms with Crippen LogP contribution in [0.1, 0.15) is 5.56 Å². The molecule has 0 atom stereocenters. The number of ether oxygens (including phenoxy) is 3. The van der Waals surface area contributed by atoms with Crippen LogP contribution in [0, 0.1) is 0 Å². The van der Waals surface area contributed by atoms with Crippen LogP contribution in [-0.4, -0.2) is 42.6 Å². The molecule has 0 spiro atoms. The van der Waals surface area contributed by atoms with Gasteiger partial charge in [0.05, 0.1) is 41.2 Å². The van der Waals surface area contributed by atoms with Gasteiger partial charge in [0.15, 0.2) is 23.9 Å². The predicted molar refractivity (Wildman–Crippen MR) is 177 cm³/mol. The van der Waals surface area contributed by atoms with Gasteiger partial charge in [-0.2, -0.15) is 9.78 Å². The number of hydrogen-bond acceptors (Lipinski definition) is 8. The van der Waals surface area contributed by atoms with Crippen molar-refractivity contribution in [3.8, 4) is 28.8 Å². The van der Waals surface area contributed by atoms with Crippen LogP contribution in [0.25, 0.3) is 33.5 Å². The van der Waals surface area contributed by atoms with Crippen LogP contribution in [-0.2, 0) is 4.79 Å². The van der Waals surface area contributed by atoms with E-state index in [0.717, 1.165) is 5.39 Å². The maximum Gasteiger partial charge on any atom is 0.282 e. The van der Waals surface area contributed by atoms with E-state index in [9.17, 15) is 9.59 Å². The molecular weight excluding hydrogens is 664 g/mol. The first kappa shape index (κ1) is 29.9. The molecular formula is C33H24BrClN4O6. The van der Waals surface area contributed by atoms with Crippen LogP contribution in [0.4, 0.5) is 5.69 Å². The minimum Gasteiger partial charge on any atom is -0.496 e. The number of anilines is 1. The molecule has 12 heteroatoms. The Balaban J connectivity index is 1.32. The van der Waals surface area contributed by atoms with Crippen molar-refractivity contribution in [2.45, 2.75) is 0 Å². The van der Waals surface area contributed by atoms with Crippen LogP contribution in [0.5, 0.6) is 17.2 Å². The Hall–Kier alpha value is -5.13. The summed E-state index contributed by atoms with van der Waals surface area (Å²) < 4.78 is 24.6. The Morgan fingerprint density at radius 3 is 2.56 bits per heavy atom. The summed E-state index contributed by atoms with van der Waals surface area (Å²) in [6.07, 6.45) is 1.49. The number of nitrogens with one attached hydrogen (secondary N) is 1. The highest BCUT2D eigenvalue weighted by molar-refractivity contribution is 9.10. The number of para-hydroxylation sites is 1. The third kappa shape index (κ3) is 6.26. The number of halogens is 2. The minimum absolute atomic E-state index is 0.214. The average molecular weight is 688 g/mol. The summed E-state index contributed by atoms with van der Waals surface area (Å²) >= 11 is 9.41. The molecule has 0 radical (unpaired) electrons. The molecule has 0 aliphatic carbocycles. The van der Waals surface area contributed by atoms with Gasteiger partial charge in [0.2, 0.25) is 5.82 Å². The molecule has 0 bridgehead atoms. The fraction of sp³-hybridized carbons (Fsp3) is 0.0909. The van der Waals surface area contributed by atoms with Crippen molar-refractivity contribution in [2.24, 2.45) is 5.10 Å². The lowest BCUT2D eigenvalue weighted by atomic mass is 10.2. The maximum atomic E-state index is 13.7. The number of rotatable bonds is 9.